The highest BCUT2D eigenvalue weighted by molar-refractivity contribution is 7.99. The highest BCUT2D eigenvalue weighted by Crippen LogP contribution is 2.28. The predicted octanol–water partition coefficient (Wildman–Crippen LogP) is 3.90. The van der Waals surface area contributed by atoms with Crippen LogP contribution in [0, 0.1) is 13.8 Å². The first kappa shape index (κ1) is 13.1. The second kappa shape index (κ2) is 5.55. The van der Waals surface area contributed by atoms with Crippen LogP contribution in [0.5, 0.6) is 0 Å². The molecule has 0 spiro atoms. The maximum Gasteiger partial charge on any atom is 0.101 e. The lowest BCUT2D eigenvalue weighted by Gasteiger charge is -2.07. The highest BCUT2D eigenvalue weighted by Gasteiger charge is 2.05. The monoisotopic (exact) mass is 259 g/mol. The number of pyridine rings is 1. The molecule has 2 aromatic rings. The summed E-state index contributed by atoms with van der Waals surface area (Å²) >= 11 is 1.62. The normalized spacial score (nSPS) is 12.4. The number of aromatic nitrogens is 1. The van der Waals surface area contributed by atoms with Gasteiger partial charge in [-0.25, -0.2) is 4.98 Å². The van der Waals surface area contributed by atoms with Gasteiger partial charge in [0.2, 0.25) is 0 Å². The minimum atomic E-state index is -0.452. The van der Waals surface area contributed by atoms with Crippen molar-refractivity contribution in [3.8, 4) is 0 Å². The summed E-state index contributed by atoms with van der Waals surface area (Å²) in [5.74, 6) is 0. The predicted molar refractivity (Wildman–Crippen MR) is 74.9 cm³/mol. The zero-order valence-electron chi connectivity index (χ0n) is 10.8. The molecule has 0 aliphatic carbocycles. The molecule has 0 bridgehead atoms. The van der Waals surface area contributed by atoms with E-state index in [1.54, 1.807) is 24.9 Å². The van der Waals surface area contributed by atoms with Crippen LogP contribution in [0.15, 0.2) is 46.5 Å². The van der Waals surface area contributed by atoms with Crippen molar-refractivity contribution in [2.45, 2.75) is 36.8 Å². The van der Waals surface area contributed by atoms with Gasteiger partial charge in [0.15, 0.2) is 0 Å². The third-order valence-corrected chi connectivity index (χ3v) is 3.86. The van der Waals surface area contributed by atoms with Crippen molar-refractivity contribution in [3.63, 3.8) is 0 Å². The van der Waals surface area contributed by atoms with Crippen molar-refractivity contribution in [3.05, 3.63) is 53.2 Å². The van der Waals surface area contributed by atoms with Crippen LogP contribution < -0.4 is 0 Å². The summed E-state index contributed by atoms with van der Waals surface area (Å²) in [6.45, 7) is 5.98. The Hall–Kier alpha value is -1.32. The lowest BCUT2D eigenvalue weighted by atomic mass is 10.1. The van der Waals surface area contributed by atoms with E-state index in [9.17, 15) is 5.11 Å². The van der Waals surface area contributed by atoms with Gasteiger partial charge >= 0.3 is 0 Å². The average Bonchev–Trinajstić information content (AvgIpc) is 2.34. The van der Waals surface area contributed by atoms with Crippen LogP contribution in [0.3, 0.4) is 0 Å². The van der Waals surface area contributed by atoms with Crippen molar-refractivity contribution in [2.75, 3.05) is 0 Å². The molecular weight excluding hydrogens is 242 g/mol. The van der Waals surface area contributed by atoms with Crippen molar-refractivity contribution in [1.82, 2.24) is 4.98 Å². The largest absolute Gasteiger partial charge is 0.389 e. The summed E-state index contributed by atoms with van der Waals surface area (Å²) in [6, 6.07) is 10.2. The van der Waals surface area contributed by atoms with Gasteiger partial charge in [0.05, 0.1) is 6.10 Å². The summed E-state index contributed by atoms with van der Waals surface area (Å²) < 4.78 is 0. The summed E-state index contributed by atoms with van der Waals surface area (Å²) in [6.07, 6.45) is 1.29. The van der Waals surface area contributed by atoms with Gasteiger partial charge in [0.1, 0.15) is 5.03 Å². The molecule has 2 nitrogen and oxygen atoms in total. The number of hydrogen-bond donors (Lipinski definition) is 1. The Morgan fingerprint density at radius 1 is 1.11 bits per heavy atom. The van der Waals surface area contributed by atoms with E-state index in [0.717, 1.165) is 10.6 Å². The lowest BCUT2D eigenvalue weighted by molar-refractivity contribution is 0.199. The van der Waals surface area contributed by atoms with E-state index >= 15 is 0 Å². The zero-order chi connectivity index (χ0) is 13.1. The molecule has 3 heteroatoms. The number of aryl methyl sites for hydroxylation is 2. The minimum Gasteiger partial charge on any atom is -0.389 e. The van der Waals surface area contributed by atoms with Crippen LogP contribution >= 0.6 is 11.8 Å². The van der Waals surface area contributed by atoms with E-state index in [-0.39, 0.29) is 0 Å². The third-order valence-electron chi connectivity index (χ3n) is 2.94. The van der Waals surface area contributed by atoms with Crippen LogP contribution in [0.4, 0.5) is 0 Å². The Labute approximate surface area is 112 Å². The Kier molecular flexibility index (Phi) is 4.04. The van der Waals surface area contributed by atoms with Gasteiger partial charge in [-0.05, 0) is 61.7 Å². The van der Waals surface area contributed by atoms with E-state index in [4.69, 9.17) is 0 Å². The van der Waals surface area contributed by atoms with Crippen molar-refractivity contribution in [2.24, 2.45) is 0 Å². The minimum absolute atomic E-state index is 0.452. The van der Waals surface area contributed by atoms with Gasteiger partial charge in [-0.3, -0.25) is 0 Å². The van der Waals surface area contributed by atoms with Gasteiger partial charge in [-0.2, -0.15) is 0 Å². The number of rotatable bonds is 3. The Bertz CT molecular complexity index is 552. The number of aliphatic hydroxyl groups is 1. The van der Waals surface area contributed by atoms with E-state index in [0.29, 0.717) is 0 Å². The molecule has 94 valence electrons. The molecule has 1 N–H and O–H groups in total. The Morgan fingerprint density at radius 2 is 1.89 bits per heavy atom. The fraction of sp³-hybridized carbons (Fsp3) is 0.267. The number of hydrogen-bond acceptors (Lipinski definition) is 3. The molecule has 1 atom stereocenters. The van der Waals surface area contributed by atoms with Gasteiger partial charge < -0.3 is 5.11 Å². The molecule has 0 fully saturated rings. The maximum absolute atomic E-state index is 9.56. The number of aliphatic hydroxyl groups excluding tert-OH is 1. The maximum atomic E-state index is 9.56. The molecule has 0 aliphatic heterocycles. The molecule has 1 unspecified atom stereocenters. The zero-order valence-corrected chi connectivity index (χ0v) is 11.7. The van der Waals surface area contributed by atoms with E-state index < -0.39 is 6.10 Å². The van der Waals surface area contributed by atoms with Gasteiger partial charge in [0, 0.05) is 11.1 Å². The molecule has 1 aromatic carbocycles. The van der Waals surface area contributed by atoms with Crippen molar-refractivity contribution >= 4 is 11.8 Å². The molecule has 0 radical (unpaired) electrons. The fourth-order valence-electron chi connectivity index (χ4n) is 1.64. The average molecular weight is 259 g/mol. The molecule has 0 saturated carbocycles. The summed E-state index contributed by atoms with van der Waals surface area (Å²) in [5.41, 5.74) is 3.48. The third kappa shape index (κ3) is 3.12. The highest BCUT2D eigenvalue weighted by atomic mass is 32.2. The number of nitrogens with zero attached hydrogens (tertiary/aromatic N) is 1. The fourth-order valence-corrected chi connectivity index (χ4v) is 2.56. The van der Waals surface area contributed by atoms with Crippen molar-refractivity contribution in [1.29, 1.82) is 0 Å². The molecular formula is C15H17NOS. The quantitative estimate of drug-likeness (QED) is 0.907. The SMILES string of the molecule is Cc1ccc(Sc2cc(C(C)O)ccn2)cc1C. The molecule has 1 heterocycles. The summed E-state index contributed by atoms with van der Waals surface area (Å²) in [4.78, 5) is 5.50. The van der Waals surface area contributed by atoms with Gasteiger partial charge in [-0.15, -0.1) is 0 Å². The van der Waals surface area contributed by atoms with Crippen molar-refractivity contribution < 1.29 is 5.11 Å². The second-order valence-corrected chi connectivity index (χ2v) is 5.55. The number of benzene rings is 1. The standard InChI is InChI=1S/C15H17NOS/c1-10-4-5-14(8-11(10)2)18-15-9-13(12(3)17)6-7-16-15/h4-9,12,17H,1-3H3. The van der Waals surface area contributed by atoms with Crippen LogP contribution in [0.2, 0.25) is 0 Å². The van der Waals surface area contributed by atoms with Crippen LogP contribution in [0.25, 0.3) is 0 Å². The topological polar surface area (TPSA) is 33.1 Å². The first-order valence-corrected chi connectivity index (χ1v) is 6.77. The van der Waals surface area contributed by atoms with E-state index in [1.165, 1.54) is 16.0 Å². The van der Waals surface area contributed by atoms with Crippen LogP contribution in [-0.2, 0) is 0 Å². The van der Waals surface area contributed by atoms with E-state index in [2.05, 4.69) is 37.0 Å². The molecule has 2 rings (SSSR count). The first-order valence-electron chi connectivity index (χ1n) is 5.95. The smallest absolute Gasteiger partial charge is 0.101 e. The second-order valence-electron chi connectivity index (χ2n) is 4.45. The molecule has 0 amide bonds. The Morgan fingerprint density at radius 3 is 2.56 bits per heavy atom. The van der Waals surface area contributed by atoms with Crippen LogP contribution in [0.1, 0.15) is 29.7 Å². The molecule has 0 aliphatic rings. The van der Waals surface area contributed by atoms with Gasteiger partial charge in [-0.1, -0.05) is 17.8 Å². The van der Waals surface area contributed by atoms with Crippen LogP contribution in [-0.4, -0.2) is 10.1 Å². The lowest BCUT2D eigenvalue weighted by Crippen LogP contribution is -1.92. The molecule has 1 aromatic heterocycles. The Balaban J connectivity index is 2.23. The summed E-state index contributed by atoms with van der Waals surface area (Å²) in [7, 11) is 0. The first-order chi connectivity index (χ1) is 8.56. The van der Waals surface area contributed by atoms with E-state index in [1.807, 2.05) is 12.1 Å². The summed E-state index contributed by atoms with van der Waals surface area (Å²) in [5, 5.41) is 10.5. The molecule has 0 saturated heterocycles. The molecule has 18 heavy (non-hydrogen) atoms. The van der Waals surface area contributed by atoms with Gasteiger partial charge in [0.25, 0.3) is 0 Å².